The largest absolute Gasteiger partial charge is 0.497 e. The van der Waals surface area contributed by atoms with Crippen LogP contribution < -0.4 is 10.1 Å². The van der Waals surface area contributed by atoms with Crippen molar-refractivity contribution in [2.24, 2.45) is 4.99 Å². The van der Waals surface area contributed by atoms with Crippen LogP contribution >= 0.6 is 12.2 Å². The van der Waals surface area contributed by atoms with Gasteiger partial charge in [0.15, 0.2) is 5.69 Å². The molecule has 7 heteroatoms. The number of carbonyl (C=O) groups excluding carboxylic acids is 1. The average Bonchev–Trinajstić information content (AvgIpc) is 3.03. The SMILES string of the molecule is COc1ccc(-c2nc(C(=O)NC3CC(N=C=S)C3)co2)cc1. The fourth-order valence-electron chi connectivity index (χ4n) is 2.39. The second kappa shape index (κ2) is 6.73. The third-order valence-corrected chi connectivity index (χ3v) is 3.86. The number of nitrogens with one attached hydrogen (secondary N) is 1. The summed E-state index contributed by atoms with van der Waals surface area (Å²) in [6, 6.07) is 7.54. The molecule has 0 spiro atoms. The average molecular weight is 329 g/mol. The molecule has 1 heterocycles. The quantitative estimate of drug-likeness (QED) is 0.674. The van der Waals surface area contributed by atoms with Crippen LogP contribution in [0, 0.1) is 0 Å². The normalized spacial score (nSPS) is 19.3. The van der Waals surface area contributed by atoms with Crippen molar-refractivity contribution in [3.8, 4) is 17.2 Å². The number of methoxy groups -OCH3 is 1. The number of thiocarbonyl (C=S) groups is 1. The van der Waals surface area contributed by atoms with Crippen molar-refractivity contribution < 1.29 is 13.9 Å². The second-order valence-electron chi connectivity index (χ2n) is 5.28. The third-order valence-electron chi connectivity index (χ3n) is 3.76. The Balaban J connectivity index is 1.62. The molecule has 1 aromatic carbocycles. The highest BCUT2D eigenvalue weighted by molar-refractivity contribution is 7.78. The molecule has 6 nitrogen and oxygen atoms in total. The predicted octanol–water partition coefficient (Wildman–Crippen LogP) is 2.71. The topological polar surface area (TPSA) is 76.7 Å². The van der Waals surface area contributed by atoms with Gasteiger partial charge in [0.25, 0.3) is 5.91 Å². The maximum absolute atomic E-state index is 12.1. The summed E-state index contributed by atoms with van der Waals surface area (Å²) in [5, 5.41) is 5.27. The van der Waals surface area contributed by atoms with Crippen molar-refractivity contribution in [2.75, 3.05) is 7.11 Å². The molecule has 1 amide bonds. The Labute approximate surface area is 138 Å². The summed E-state index contributed by atoms with van der Waals surface area (Å²) in [4.78, 5) is 20.4. The van der Waals surface area contributed by atoms with E-state index in [9.17, 15) is 4.79 Å². The minimum Gasteiger partial charge on any atom is -0.497 e. The van der Waals surface area contributed by atoms with E-state index in [1.807, 2.05) is 24.3 Å². The number of hydrogen-bond donors (Lipinski definition) is 1. The molecule has 118 valence electrons. The minimum absolute atomic E-state index is 0.0979. The van der Waals surface area contributed by atoms with E-state index in [1.165, 1.54) is 6.26 Å². The highest BCUT2D eigenvalue weighted by Crippen LogP contribution is 2.24. The lowest BCUT2D eigenvalue weighted by Crippen LogP contribution is -2.46. The zero-order valence-electron chi connectivity index (χ0n) is 12.5. The second-order valence-corrected chi connectivity index (χ2v) is 5.46. The van der Waals surface area contributed by atoms with Gasteiger partial charge < -0.3 is 14.5 Å². The molecule has 1 saturated carbocycles. The van der Waals surface area contributed by atoms with Gasteiger partial charge >= 0.3 is 0 Å². The Morgan fingerprint density at radius 1 is 1.43 bits per heavy atom. The first-order chi connectivity index (χ1) is 11.2. The molecule has 0 unspecified atom stereocenters. The van der Waals surface area contributed by atoms with Gasteiger partial charge in [-0.25, -0.2) is 9.98 Å². The number of rotatable bonds is 5. The summed E-state index contributed by atoms with van der Waals surface area (Å²) in [7, 11) is 1.60. The number of ether oxygens (including phenoxy) is 1. The number of amides is 1. The molecule has 0 radical (unpaired) electrons. The summed E-state index contributed by atoms with van der Waals surface area (Å²) < 4.78 is 10.5. The van der Waals surface area contributed by atoms with Crippen LogP contribution in [0.1, 0.15) is 23.3 Å². The van der Waals surface area contributed by atoms with Crippen LogP contribution in [0.4, 0.5) is 0 Å². The number of benzene rings is 1. The highest BCUT2D eigenvalue weighted by Gasteiger charge is 2.30. The molecule has 0 bridgehead atoms. The zero-order valence-corrected chi connectivity index (χ0v) is 13.3. The fourth-order valence-corrected chi connectivity index (χ4v) is 2.54. The molecule has 0 saturated heterocycles. The van der Waals surface area contributed by atoms with Gasteiger partial charge in [-0.15, -0.1) is 0 Å². The molecule has 23 heavy (non-hydrogen) atoms. The van der Waals surface area contributed by atoms with Crippen molar-refractivity contribution in [1.29, 1.82) is 0 Å². The van der Waals surface area contributed by atoms with Gasteiger partial charge in [-0.3, -0.25) is 4.79 Å². The molecule has 0 aliphatic heterocycles. The van der Waals surface area contributed by atoms with Crippen LogP contribution in [0.2, 0.25) is 0 Å². The van der Waals surface area contributed by atoms with Gasteiger partial charge in [0.05, 0.1) is 18.3 Å². The van der Waals surface area contributed by atoms with Crippen LogP contribution in [0.5, 0.6) is 5.75 Å². The molecule has 0 atom stereocenters. The lowest BCUT2D eigenvalue weighted by atomic mass is 9.87. The fraction of sp³-hybridized carbons (Fsp3) is 0.312. The van der Waals surface area contributed by atoms with E-state index in [-0.39, 0.29) is 23.7 Å². The van der Waals surface area contributed by atoms with E-state index >= 15 is 0 Å². The van der Waals surface area contributed by atoms with Gasteiger partial charge in [0, 0.05) is 11.6 Å². The highest BCUT2D eigenvalue weighted by atomic mass is 32.1. The van der Waals surface area contributed by atoms with Crippen molar-refractivity contribution >= 4 is 23.3 Å². The maximum Gasteiger partial charge on any atom is 0.273 e. The standard InChI is InChI=1S/C16H15N3O3S/c1-21-13-4-2-10(3-5-13)16-19-14(8-22-16)15(20)18-12-6-11(7-12)17-9-23/h2-5,8,11-12H,6-7H2,1H3,(H,18,20). The summed E-state index contributed by atoms with van der Waals surface area (Å²) in [6.45, 7) is 0. The molecular weight excluding hydrogens is 314 g/mol. The Kier molecular flexibility index (Phi) is 4.50. The molecule has 2 aromatic rings. The number of aromatic nitrogens is 1. The van der Waals surface area contributed by atoms with E-state index in [2.05, 4.69) is 32.7 Å². The third kappa shape index (κ3) is 3.47. The van der Waals surface area contributed by atoms with Gasteiger partial charge in [0.2, 0.25) is 5.89 Å². The Bertz CT molecular complexity index is 744. The Hall–Kier alpha value is -2.50. The lowest BCUT2D eigenvalue weighted by Gasteiger charge is -2.31. The predicted molar refractivity (Wildman–Crippen MR) is 87.8 cm³/mol. The molecule has 1 fully saturated rings. The molecule has 1 aromatic heterocycles. The van der Waals surface area contributed by atoms with E-state index < -0.39 is 0 Å². The molecule has 1 aliphatic carbocycles. The molecular formula is C16H15N3O3S. The number of nitrogens with zero attached hydrogens (tertiary/aromatic N) is 2. The van der Waals surface area contributed by atoms with E-state index in [4.69, 9.17) is 9.15 Å². The Morgan fingerprint density at radius 2 is 2.17 bits per heavy atom. The van der Waals surface area contributed by atoms with Crippen LogP contribution in [0.15, 0.2) is 39.9 Å². The first kappa shape index (κ1) is 15.4. The van der Waals surface area contributed by atoms with Gasteiger partial charge in [-0.1, -0.05) is 0 Å². The van der Waals surface area contributed by atoms with Crippen molar-refractivity contribution in [3.63, 3.8) is 0 Å². The monoisotopic (exact) mass is 329 g/mol. The van der Waals surface area contributed by atoms with Gasteiger partial charge in [-0.05, 0) is 49.3 Å². The van der Waals surface area contributed by atoms with E-state index in [1.54, 1.807) is 7.11 Å². The van der Waals surface area contributed by atoms with E-state index in [0.717, 1.165) is 24.2 Å². The summed E-state index contributed by atoms with van der Waals surface area (Å²) in [6.07, 6.45) is 2.91. The molecule has 1 N–H and O–H groups in total. The number of carbonyl (C=O) groups is 1. The Morgan fingerprint density at radius 3 is 2.83 bits per heavy atom. The van der Waals surface area contributed by atoms with E-state index in [0.29, 0.717) is 5.89 Å². The minimum atomic E-state index is -0.247. The van der Waals surface area contributed by atoms with Gasteiger partial charge in [0.1, 0.15) is 12.0 Å². The van der Waals surface area contributed by atoms with Crippen LogP contribution in [-0.2, 0) is 0 Å². The van der Waals surface area contributed by atoms with Crippen LogP contribution in [0.25, 0.3) is 11.5 Å². The molecule has 3 rings (SSSR count). The lowest BCUT2D eigenvalue weighted by molar-refractivity contribution is 0.0905. The molecule has 1 aliphatic rings. The first-order valence-electron chi connectivity index (χ1n) is 7.17. The van der Waals surface area contributed by atoms with Crippen molar-refractivity contribution in [1.82, 2.24) is 10.3 Å². The number of hydrogen-bond acceptors (Lipinski definition) is 6. The number of oxazole rings is 1. The number of isothiocyanates is 1. The van der Waals surface area contributed by atoms with Crippen LogP contribution in [-0.4, -0.2) is 35.2 Å². The zero-order chi connectivity index (χ0) is 16.2. The summed E-state index contributed by atoms with van der Waals surface area (Å²) in [5.74, 6) is 0.898. The first-order valence-corrected chi connectivity index (χ1v) is 7.58. The van der Waals surface area contributed by atoms with Crippen LogP contribution in [0.3, 0.4) is 0 Å². The van der Waals surface area contributed by atoms with Crippen molar-refractivity contribution in [2.45, 2.75) is 24.9 Å². The smallest absolute Gasteiger partial charge is 0.273 e. The van der Waals surface area contributed by atoms with Crippen molar-refractivity contribution in [3.05, 3.63) is 36.2 Å². The van der Waals surface area contributed by atoms with Gasteiger partial charge in [-0.2, -0.15) is 0 Å². The summed E-state index contributed by atoms with van der Waals surface area (Å²) >= 11 is 4.56. The maximum atomic E-state index is 12.1. The summed E-state index contributed by atoms with van der Waals surface area (Å²) in [5.41, 5.74) is 1.04. The number of aliphatic imine (C=N–C) groups is 1.